The smallest absolute Gasteiger partial charge is 0.229 e. The van der Waals surface area contributed by atoms with E-state index in [0.717, 1.165) is 28.0 Å². The van der Waals surface area contributed by atoms with E-state index < -0.39 is 10.0 Å². The van der Waals surface area contributed by atoms with E-state index in [9.17, 15) is 8.42 Å². The highest BCUT2D eigenvalue weighted by atomic mass is 32.2. The van der Waals surface area contributed by atoms with E-state index in [4.69, 9.17) is 4.74 Å². The van der Waals surface area contributed by atoms with Gasteiger partial charge in [-0.15, -0.1) is 0 Å². The summed E-state index contributed by atoms with van der Waals surface area (Å²) in [6.45, 7) is 2.88. The number of fused-ring (bicyclic) bond motifs is 1. The summed E-state index contributed by atoms with van der Waals surface area (Å²) in [5.74, 6) is 1.78. The van der Waals surface area contributed by atoms with Crippen LogP contribution in [0.3, 0.4) is 0 Å². The average Bonchev–Trinajstić information content (AvgIpc) is 3.40. The zero-order valence-electron chi connectivity index (χ0n) is 19.4. The Morgan fingerprint density at radius 1 is 1.09 bits per heavy atom. The SMILES string of the molecule is Cc1cc2cc(Nc3ccnc(Nc4cccc(O[C@H]5CCN(S(C)(=O)=O)C5)c4)n3)ccc2[nH]1.S. The largest absolute Gasteiger partial charge is 0.489 e. The van der Waals surface area contributed by atoms with Crippen LogP contribution < -0.4 is 15.4 Å². The molecule has 1 aliphatic rings. The van der Waals surface area contributed by atoms with E-state index in [1.807, 2.05) is 49.4 Å². The van der Waals surface area contributed by atoms with Crippen LogP contribution in [0.15, 0.2) is 60.8 Å². The van der Waals surface area contributed by atoms with Crippen LogP contribution in [-0.4, -0.2) is 53.1 Å². The molecule has 2 aromatic carbocycles. The molecule has 9 nitrogen and oxygen atoms in total. The summed E-state index contributed by atoms with van der Waals surface area (Å²) < 4.78 is 30.9. The first-order chi connectivity index (χ1) is 16.3. The zero-order valence-corrected chi connectivity index (χ0v) is 21.3. The zero-order chi connectivity index (χ0) is 23.7. The predicted molar refractivity (Wildman–Crippen MR) is 144 cm³/mol. The van der Waals surface area contributed by atoms with E-state index in [2.05, 4.69) is 37.7 Å². The van der Waals surface area contributed by atoms with E-state index in [0.29, 0.717) is 37.0 Å². The summed E-state index contributed by atoms with van der Waals surface area (Å²) >= 11 is 0. The van der Waals surface area contributed by atoms with E-state index >= 15 is 0 Å². The minimum absolute atomic E-state index is 0. The number of hydrogen-bond donors (Lipinski definition) is 3. The number of aromatic nitrogens is 3. The van der Waals surface area contributed by atoms with Crippen LogP contribution in [0.5, 0.6) is 5.75 Å². The van der Waals surface area contributed by atoms with Gasteiger partial charge < -0.3 is 20.4 Å². The fraction of sp³-hybridized carbons (Fsp3) is 0.250. The van der Waals surface area contributed by atoms with Crippen molar-refractivity contribution in [2.75, 3.05) is 30.0 Å². The normalized spacial score (nSPS) is 16.1. The molecule has 0 bridgehead atoms. The van der Waals surface area contributed by atoms with Crippen LogP contribution in [-0.2, 0) is 10.0 Å². The van der Waals surface area contributed by atoms with Crippen molar-refractivity contribution in [3.63, 3.8) is 0 Å². The molecule has 4 aromatic rings. The number of H-pyrrole nitrogens is 1. The lowest BCUT2D eigenvalue weighted by molar-refractivity contribution is 0.216. The second-order valence-electron chi connectivity index (χ2n) is 8.45. The first-order valence-electron chi connectivity index (χ1n) is 11.0. The Balaban J connectivity index is 0.00000289. The molecule has 0 radical (unpaired) electrons. The number of aromatic amines is 1. The predicted octanol–water partition coefficient (Wildman–Crippen LogP) is 4.28. The van der Waals surface area contributed by atoms with Crippen molar-refractivity contribution in [3.8, 4) is 5.75 Å². The number of hydrogen-bond acceptors (Lipinski definition) is 7. The van der Waals surface area contributed by atoms with Gasteiger partial charge in [0.1, 0.15) is 17.7 Å². The van der Waals surface area contributed by atoms with Gasteiger partial charge in [-0.2, -0.15) is 22.8 Å². The molecule has 1 aliphatic heterocycles. The van der Waals surface area contributed by atoms with Crippen LogP contribution in [0.2, 0.25) is 0 Å². The van der Waals surface area contributed by atoms with Crippen LogP contribution >= 0.6 is 13.5 Å². The lowest BCUT2D eigenvalue weighted by atomic mass is 10.2. The summed E-state index contributed by atoms with van der Waals surface area (Å²) in [4.78, 5) is 12.2. The molecule has 5 rings (SSSR count). The number of aryl methyl sites for hydroxylation is 1. The maximum atomic E-state index is 11.7. The highest BCUT2D eigenvalue weighted by Crippen LogP contribution is 2.25. The highest BCUT2D eigenvalue weighted by Gasteiger charge is 2.29. The third-order valence-electron chi connectivity index (χ3n) is 5.65. The second-order valence-corrected chi connectivity index (χ2v) is 10.4. The molecule has 35 heavy (non-hydrogen) atoms. The van der Waals surface area contributed by atoms with E-state index in [1.165, 1.54) is 10.6 Å². The molecule has 3 heterocycles. The maximum absolute atomic E-state index is 11.7. The minimum atomic E-state index is -3.20. The molecule has 1 saturated heterocycles. The summed E-state index contributed by atoms with van der Waals surface area (Å²) in [5, 5.41) is 7.66. The number of ether oxygens (including phenoxy) is 1. The Bertz CT molecular complexity index is 1440. The molecule has 1 fully saturated rings. The van der Waals surface area contributed by atoms with E-state index in [-0.39, 0.29) is 19.6 Å². The molecule has 1 atom stereocenters. The Morgan fingerprint density at radius 2 is 1.91 bits per heavy atom. The quantitative estimate of drug-likeness (QED) is 0.339. The molecular weight excluding hydrogens is 484 g/mol. The first kappa shape index (κ1) is 24.8. The van der Waals surface area contributed by atoms with Crippen LogP contribution in [0.1, 0.15) is 12.1 Å². The number of sulfonamides is 1. The topological polar surface area (TPSA) is 112 Å². The number of nitrogens with zero attached hydrogens (tertiary/aromatic N) is 3. The Labute approximate surface area is 211 Å². The van der Waals surface area contributed by atoms with Crippen molar-refractivity contribution in [3.05, 3.63) is 66.5 Å². The van der Waals surface area contributed by atoms with Crippen molar-refractivity contribution in [1.82, 2.24) is 19.3 Å². The Kier molecular flexibility index (Phi) is 7.20. The van der Waals surface area contributed by atoms with Gasteiger partial charge in [0.15, 0.2) is 0 Å². The summed E-state index contributed by atoms with van der Waals surface area (Å²) in [6, 6.07) is 17.5. The van der Waals surface area contributed by atoms with Gasteiger partial charge in [-0.3, -0.25) is 0 Å². The van der Waals surface area contributed by atoms with Gasteiger partial charge in [0, 0.05) is 46.8 Å². The highest BCUT2D eigenvalue weighted by molar-refractivity contribution is 7.88. The first-order valence-corrected chi connectivity index (χ1v) is 12.8. The third-order valence-corrected chi connectivity index (χ3v) is 6.92. The van der Waals surface area contributed by atoms with Crippen molar-refractivity contribution < 1.29 is 13.2 Å². The van der Waals surface area contributed by atoms with Crippen molar-refractivity contribution in [1.29, 1.82) is 0 Å². The maximum Gasteiger partial charge on any atom is 0.229 e. The molecule has 0 spiro atoms. The number of nitrogens with one attached hydrogen (secondary N) is 3. The van der Waals surface area contributed by atoms with Gasteiger partial charge in [-0.25, -0.2) is 13.4 Å². The summed E-state index contributed by atoms with van der Waals surface area (Å²) in [6.07, 6.45) is 3.41. The van der Waals surface area contributed by atoms with Crippen LogP contribution in [0.4, 0.5) is 23.1 Å². The van der Waals surface area contributed by atoms with Gasteiger partial charge >= 0.3 is 0 Å². The molecule has 0 amide bonds. The monoisotopic (exact) mass is 512 g/mol. The molecular formula is C24H28N6O3S2. The lowest BCUT2D eigenvalue weighted by Crippen LogP contribution is -2.29. The summed E-state index contributed by atoms with van der Waals surface area (Å²) in [7, 11) is -3.20. The van der Waals surface area contributed by atoms with Gasteiger partial charge in [-0.05, 0) is 55.8 Å². The van der Waals surface area contributed by atoms with E-state index in [1.54, 1.807) is 6.20 Å². The fourth-order valence-corrected chi connectivity index (χ4v) is 4.93. The minimum Gasteiger partial charge on any atom is -0.489 e. The molecule has 2 aromatic heterocycles. The van der Waals surface area contributed by atoms with Crippen LogP contribution in [0, 0.1) is 6.92 Å². The van der Waals surface area contributed by atoms with Gasteiger partial charge in [0.2, 0.25) is 16.0 Å². The van der Waals surface area contributed by atoms with Crippen LogP contribution in [0.25, 0.3) is 10.9 Å². The second kappa shape index (κ2) is 10.1. The Hall–Kier alpha value is -3.28. The average molecular weight is 513 g/mol. The Morgan fingerprint density at radius 3 is 2.71 bits per heavy atom. The van der Waals surface area contributed by atoms with Gasteiger partial charge in [0.25, 0.3) is 0 Å². The molecule has 0 saturated carbocycles. The van der Waals surface area contributed by atoms with Crippen molar-refractivity contribution in [2.24, 2.45) is 0 Å². The van der Waals surface area contributed by atoms with Crippen molar-refractivity contribution in [2.45, 2.75) is 19.4 Å². The van der Waals surface area contributed by atoms with Gasteiger partial charge in [-0.1, -0.05) is 6.07 Å². The number of rotatable bonds is 7. The number of benzene rings is 2. The fourth-order valence-electron chi connectivity index (χ4n) is 4.06. The molecule has 3 N–H and O–H groups in total. The summed E-state index contributed by atoms with van der Waals surface area (Å²) in [5.41, 5.74) is 3.92. The lowest BCUT2D eigenvalue weighted by Gasteiger charge is -2.16. The molecule has 0 unspecified atom stereocenters. The van der Waals surface area contributed by atoms with Gasteiger partial charge in [0.05, 0.1) is 12.8 Å². The van der Waals surface area contributed by atoms with Crippen molar-refractivity contribution >= 4 is 57.6 Å². The molecule has 184 valence electrons. The standard InChI is InChI=1S/C24H26N6O3S.H2S/c1-16-12-17-13-19(6-7-22(17)26-16)27-23-8-10-25-24(29-23)28-18-4-3-5-20(14-18)33-21-9-11-30(15-21)34(2,31)32;/h3-8,10,12-14,21,26H,9,11,15H2,1-2H3,(H2,25,27,28,29);1H2/t21-;/m0./s1. The molecule has 11 heteroatoms. The number of anilines is 4. The molecule has 0 aliphatic carbocycles. The third kappa shape index (κ3) is 6.05.